The maximum absolute atomic E-state index is 13.2. The fourth-order valence-corrected chi connectivity index (χ4v) is 14.0. The van der Waals surface area contributed by atoms with Crippen LogP contribution < -0.4 is 21.7 Å². The van der Waals surface area contributed by atoms with Gasteiger partial charge in [-0.1, -0.05) is 0 Å². The van der Waals surface area contributed by atoms with Crippen LogP contribution in [0.3, 0.4) is 0 Å². The van der Waals surface area contributed by atoms with Gasteiger partial charge in [0.25, 0.3) is 11.8 Å². The molecule has 12 fully saturated rings. The third-order valence-electron chi connectivity index (χ3n) is 15.2. The molecular weight excluding hydrogens is 636 g/mol. The highest BCUT2D eigenvalue weighted by Gasteiger charge is 2.66. The average Bonchev–Trinajstić information content (AvgIpc) is 3.90. The summed E-state index contributed by atoms with van der Waals surface area (Å²) in [6.45, 7) is 2.44. The molecule has 2 heterocycles. The minimum atomic E-state index is -1.33. The first-order valence-corrected chi connectivity index (χ1v) is 19.2. The Balaban J connectivity index is 0.000000131. The minimum absolute atomic E-state index is 0.0899. The summed E-state index contributed by atoms with van der Waals surface area (Å²) >= 11 is 0. The van der Waals surface area contributed by atoms with E-state index in [1.54, 1.807) is 0 Å². The van der Waals surface area contributed by atoms with Crippen molar-refractivity contribution in [3.05, 3.63) is 12.5 Å². The van der Waals surface area contributed by atoms with Crippen LogP contribution in [0.15, 0.2) is 12.5 Å². The van der Waals surface area contributed by atoms with E-state index in [9.17, 15) is 30.3 Å². The number of nitriles is 2. The summed E-state index contributed by atoms with van der Waals surface area (Å²) in [5.74, 6) is 2.22. The number of carbonyl (C=O) groups is 2. The Kier molecular flexibility index (Phi) is 7.90. The topological polar surface area (TPSA) is 230 Å². The summed E-state index contributed by atoms with van der Waals surface area (Å²) in [5, 5.41) is 58.1. The van der Waals surface area contributed by atoms with Crippen molar-refractivity contribution in [3.63, 3.8) is 0 Å². The molecule has 4 unspecified atom stereocenters. The third-order valence-corrected chi connectivity index (χ3v) is 15.2. The molecule has 8 N–H and O–H groups in total. The molecule has 12 rings (SSSR count). The predicted octanol–water partition coefficient (Wildman–Crippen LogP) is -0.939. The van der Waals surface area contributed by atoms with E-state index in [4.69, 9.17) is 10.2 Å². The molecule has 272 valence electrons. The van der Waals surface area contributed by atoms with Gasteiger partial charge in [0.15, 0.2) is 12.1 Å². The largest absolute Gasteiger partial charge is 0.884 e. The second-order valence-corrected chi connectivity index (χ2v) is 19.0. The molecule has 0 aromatic rings. The van der Waals surface area contributed by atoms with Crippen molar-refractivity contribution in [2.75, 3.05) is 0 Å². The number of carbonyl (C=O) groups excluding carboxylic acids is 2. The number of likely N-dealkylation sites (tertiary alicyclic amines) is 2. The average molecular weight is 691 g/mol. The van der Waals surface area contributed by atoms with Crippen LogP contribution in [-0.2, 0) is 9.59 Å². The molecule has 2 aliphatic heterocycles. The molecular formula is C38H54N6O6. The number of hydrogen-bond donors (Lipinski definition) is 4. The van der Waals surface area contributed by atoms with Crippen molar-refractivity contribution in [2.45, 2.75) is 150 Å². The number of nitrogens with zero attached hydrogens (tertiary/aromatic N) is 4. The standard InChI is InChI=1S/2C18H25N3O2.C2H4O2/c2*19-8-13-2-12-3-14(12)21(13)16(22)15(20)17-4-10-1-11(5-17)7-18(23,6-10)9-17;1-2(3)4/h2*10-15,23H,1-7,9,20H2;3-4H,1H2/t2*10?,11?,12-,13+,14+,15-,17?,18?;/m11./s1. The maximum atomic E-state index is 13.2. The van der Waals surface area contributed by atoms with Gasteiger partial charge in [-0.15, -0.1) is 6.58 Å². The summed E-state index contributed by atoms with van der Waals surface area (Å²) in [6.07, 6.45) is 15.6. The molecule has 2 saturated heterocycles. The Morgan fingerprint density at radius 3 is 1.26 bits per heavy atom. The van der Waals surface area contributed by atoms with Crippen LogP contribution in [0.2, 0.25) is 0 Å². The summed E-state index contributed by atoms with van der Waals surface area (Å²) in [6, 6.07) is 4.16. The predicted molar refractivity (Wildman–Crippen MR) is 172 cm³/mol. The Labute approximate surface area is 294 Å². The van der Waals surface area contributed by atoms with Crippen LogP contribution in [0.25, 0.3) is 0 Å². The van der Waals surface area contributed by atoms with Gasteiger partial charge in [0.1, 0.15) is 12.1 Å². The van der Waals surface area contributed by atoms with Crippen molar-refractivity contribution >= 4 is 11.8 Å². The molecule has 0 aromatic heterocycles. The van der Waals surface area contributed by atoms with Gasteiger partial charge in [-0.05, 0) is 138 Å². The second-order valence-electron chi connectivity index (χ2n) is 19.0. The molecule has 12 aliphatic rings. The van der Waals surface area contributed by atoms with Crippen molar-refractivity contribution in [1.29, 1.82) is 10.5 Å². The first kappa shape index (κ1) is 34.2. The summed E-state index contributed by atoms with van der Waals surface area (Å²) in [7, 11) is 0. The minimum Gasteiger partial charge on any atom is -0.884 e. The zero-order chi connectivity index (χ0) is 35.5. The molecule has 8 bridgehead atoms. The number of hydrogen-bond acceptors (Lipinski definition) is 8. The lowest BCUT2D eigenvalue weighted by Gasteiger charge is -2.60. The van der Waals surface area contributed by atoms with Gasteiger partial charge in [-0.25, -0.2) is 5.95 Å². The molecule has 50 heavy (non-hydrogen) atoms. The molecule has 12 nitrogen and oxygen atoms in total. The van der Waals surface area contributed by atoms with E-state index in [1.165, 1.54) is 12.8 Å². The number of piperidine rings is 2. The SMILES string of the molecule is C=C([O-])[O-].N#C[C@@H]1C[C@@H]2C[C@@H]2N1C(=O)[C@@H]([NH3+])C12CC3CC(CC(O)(C3)C1)C2.N#C[C@@H]1C[C@@H]2C[C@@H]2N1C(=O)[C@@H]([NH3+])C12CC3CC(CC(O)(C3)C1)C2. The molecule has 2 amide bonds. The van der Waals surface area contributed by atoms with E-state index < -0.39 is 17.1 Å². The molecule has 10 aliphatic carbocycles. The Morgan fingerprint density at radius 1 is 0.660 bits per heavy atom. The molecule has 0 spiro atoms. The summed E-state index contributed by atoms with van der Waals surface area (Å²) < 4.78 is 0. The number of fused-ring (bicyclic) bond motifs is 2. The maximum Gasteiger partial charge on any atom is 0.282 e. The smallest absolute Gasteiger partial charge is 0.282 e. The zero-order valence-electron chi connectivity index (χ0n) is 29.2. The van der Waals surface area contributed by atoms with Crippen LogP contribution in [0.5, 0.6) is 0 Å². The first-order chi connectivity index (χ1) is 23.6. The van der Waals surface area contributed by atoms with Crippen molar-refractivity contribution in [1.82, 2.24) is 9.80 Å². The van der Waals surface area contributed by atoms with Gasteiger partial charge in [0, 0.05) is 22.9 Å². The van der Waals surface area contributed by atoms with E-state index in [-0.39, 0.29) is 46.8 Å². The lowest BCUT2D eigenvalue weighted by molar-refractivity contribution is -0.512. The highest BCUT2D eigenvalue weighted by molar-refractivity contribution is 5.84. The monoisotopic (exact) mass is 690 g/mol. The van der Waals surface area contributed by atoms with E-state index >= 15 is 0 Å². The number of quaternary nitrogens is 2. The van der Waals surface area contributed by atoms with Crippen LogP contribution in [0.4, 0.5) is 0 Å². The summed E-state index contributed by atoms with van der Waals surface area (Å²) in [5.41, 5.74) is 7.28. The van der Waals surface area contributed by atoms with Crippen LogP contribution >= 0.6 is 0 Å². The lowest BCUT2D eigenvalue weighted by Crippen LogP contribution is -2.78. The van der Waals surface area contributed by atoms with Gasteiger partial charge < -0.3 is 41.7 Å². The van der Waals surface area contributed by atoms with Gasteiger partial charge in [0.2, 0.25) is 0 Å². The zero-order valence-corrected chi connectivity index (χ0v) is 29.2. The highest BCUT2D eigenvalue weighted by Crippen LogP contribution is 2.64. The van der Waals surface area contributed by atoms with Crippen molar-refractivity contribution in [3.8, 4) is 12.1 Å². The first-order valence-electron chi connectivity index (χ1n) is 19.2. The van der Waals surface area contributed by atoms with Crippen molar-refractivity contribution < 1.29 is 41.5 Å². The number of aliphatic hydroxyl groups is 2. The molecule has 12 heteroatoms. The Hall–Kier alpha value is -2.90. The van der Waals surface area contributed by atoms with E-state index in [1.807, 2.05) is 9.80 Å². The quantitative estimate of drug-likeness (QED) is 0.268. The molecule has 12 atom stereocenters. The fraction of sp³-hybridized carbons (Fsp3) is 0.842. The summed E-state index contributed by atoms with van der Waals surface area (Å²) in [4.78, 5) is 30.1. The van der Waals surface area contributed by atoms with E-state index in [0.717, 1.165) is 89.9 Å². The van der Waals surface area contributed by atoms with Gasteiger partial charge in [-0.2, -0.15) is 10.5 Å². The van der Waals surface area contributed by atoms with Crippen LogP contribution in [0, 0.1) is 69.0 Å². The van der Waals surface area contributed by atoms with Crippen LogP contribution in [-0.4, -0.2) is 79.3 Å². The third kappa shape index (κ3) is 5.60. The van der Waals surface area contributed by atoms with Gasteiger partial charge >= 0.3 is 0 Å². The molecule has 10 saturated carbocycles. The van der Waals surface area contributed by atoms with Gasteiger partial charge in [-0.3, -0.25) is 9.59 Å². The van der Waals surface area contributed by atoms with E-state index in [0.29, 0.717) is 47.6 Å². The fourth-order valence-electron chi connectivity index (χ4n) is 14.0. The van der Waals surface area contributed by atoms with Gasteiger partial charge in [0.05, 0.1) is 23.3 Å². The molecule has 0 radical (unpaired) electrons. The Morgan fingerprint density at radius 2 is 0.980 bits per heavy atom. The second kappa shape index (κ2) is 11.6. The molecule has 0 aromatic carbocycles. The number of rotatable bonds is 4. The number of amides is 2. The van der Waals surface area contributed by atoms with E-state index in [2.05, 4.69) is 30.2 Å². The highest BCUT2D eigenvalue weighted by atomic mass is 16.5. The Bertz CT molecular complexity index is 1400. The normalized spacial score (nSPS) is 50.0. The lowest BCUT2D eigenvalue weighted by atomic mass is 9.46. The van der Waals surface area contributed by atoms with Crippen LogP contribution in [0.1, 0.15) is 103 Å². The van der Waals surface area contributed by atoms with Crippen molar-refractivity contribution in [2.24, 2.45) is 46.3 Å².